The summed E-state index contributed by atoms with van der Waals surface area (Å²) in [4.78, 5) is 22.3. The minimum Gasteiger partial charge on any atom is -0.493 e. The monoisotopic (exact) mass is 325 g/mol. The second-order valence-corrected chi connectivity index (χ2v) is 5.80. The van der Waals surface area contributed by atoms with Crippen molar-refractivity contribution in [2.24, 2.45) is 0 Å². The van der Waals surface area contributed by atoms with E-state index in [0.29, 0.717) is 31.1 Å². The van der Waals surface area contributed by atoms with E-state index in [0.717, 1.165) is 0 Å². The lowest BCUT2D eigenvalue weighted by atomic mass is 10.2. The number of ether oxygens (including phenoxy) is 3. The molecule has 0 heterocycles. The number of methoxy groups -OCH3 is 1. The van der Waals surface area contributed by atoms with E-state index in [4.69, 9.17) is 19.3 Å². The molecule has 0 fully saturated rings. The first-order chi connectivity index (χ1) is 10.7. The molecule has 1 aromatic rings. The van der Waals surface area contributed by atoms with Crippen LogP contribution in [0.1, 0.15) is 37.6 Å². The fraction of sp³-hybridized carbons (Fsp3) is 0.500. The van der Waals surface area contributed by atoms with Crippen molar-refractivity contribution in [3.8, 4) is 11.5 Å². The van der Waals surface area contributed by atoms with Gasteiger partial charge in [0, 0.05) is 6.54 Å². The van der Waals surface area contributed by atoms with Gasteiger partial charge in [0.1, 0.15) is 5.60 Å². The molecule has 7 nitrogen and oxygen atoms in total. The molecule has 1 rings (SSSR count). The van der Waals surface area contributed by atoms with Crippen LogP contribution in [0.3, 0.4) is 0 Å². The Hall–Kier alpha value is -2.44. The zero-order valence-electron chi connectivity index (χ0n) is 13.8. The van der Waals surface area contributed by atoms with Crippen molar-refractivity contribution in [3.05, 3.63) is 23.8 Å². The zero-order valence-corrected chi connectivity index (χ0v) is 13.8. The van der Waals surface area contributed by atoms with Gasteiger partial charge in [-0.3, -0.25) is 0 Å². The van der Waals surface area contributed by atoms with E-state index in [9.17, 15) is 9.59 Å². The molecule has 7 heteroatoms. The highest BCUT2D eigenvalue weighted by molar-refractivity contribution is 5.88. The highest BCUT2D eigenvalue weighted by Crippen LogP contribution is 2.28. The minimum absolute atomic E-state index is 0.126. The molecular formula is C16H23NO6. The van der Waals surface area contributed by atoms with Gasteiger partial charge in [-0.15, -0.1) is 0 Å². The first-order valence-corrected chi connectivity index (χ1v) is 7.24. The molecule has 0 aliphatic rings. The number of amides is 1. The van der Waals surface area contributed by atoms with Crippen molar-refractivity contribution in [1.29, 1.82) is 0 Å². The molecule has 1 aromatic carbocycles. The number of nitrogens with one attached hydrogen (secondary N) is 1. The third kappa shape index (κ3) is 6.90. The SMILES string of the molecule is COc1cc(C(=O)O)ccc1OCCCNC(=O)OC(C)(C)C. The molecule has 0 saturated carbocycles. The van der Waals surface area contributed by atoms with Gasteiger partial charge in [-0.1, -0.05) is 0 Å². The molecule has 0 aliphatic carbocycles. The summed E-state index contributed by atoms with van der Waals surface area (Å²) in [5, 5.41) is 11.6. The van der Waals surface area contributed by atoms with Gasteiger partial charge in [0.2, 0.25) is 0 Å². The molecule has 23 heavy (non-hydrogen) atoms. The maximum atomic E-state index is 11.4. The smallest absolute Gasteiger partial charge is 0.407 e. The van der Waals surface area contributed by atoms with Gasteiger partial charge in [0.25, 0.3) is 0 Å². The van der Waals surface area contributed by atoms with Gasteiger partial charge in [0.05, 0.1) is 19.3 Å². The molecule has 0 spiro atoms. The maximum Gasteiger partial charge on any atom is 0.407 e. The van der Waals surface area contributed by atoms with Crippen molar-refractivity contribution in [2.45, 2.75) is 32.8 Å². The molecule has 0 atom stereocenters. The molecule has 0 radical (unpaired) electrons. The summed E-state index contributed by atoms with van der Waals surface area (Å²) in [6.45, 7) is 6.14. The summed E-state index contributed by atoms with van der Waals surface area (Å²) < 4.78 is 15.8. The first-order valence-electron chi connectivity index (χ1n) is 7.24. The summed E-state index contributed by atoms with van der Waals surface area (Å²) in [6, 6.07) is 4.39. The Labute approximate surface area is 135 Å². The molecule has 0 bridgehead atoms. The third-order valence-electron chi connectivity index (χ3n) is 2.66. The van der Waals surface area contributed by atoms with Crippen molar-refractivity contribution >= 4 is 12.1 Å². The Morgan fingerprint density at radius 3 is 2.48 bits per heavy atom. The quantitative estimate of drug-likeness (QED) is 0.749. The van der Waals surface area contributed by atoms with Crippen LogP contribution in [0.25, 0.3) is 0 Å². The molecule has 0 aromatic heterocycles. The van der Waals surface area contributed by atoms with Crippen molar-refractivity contribution < 1.29 is 28.9 Å². The second kappa shape index (κ2) is 8.26. The van der Waals surface area contributed by atoms with Crippen LogP contribution in [0.15, 0.2) is 18.2 Å². The van der Waals surface area contributed by atoms with Gasteiger partial charge in [0.15, 0.2) is 11.5 Å². The summed E-state index contributed by atoms with van der Waals surface area (Å²) in [6.07, 6.45) is 0.101. The number of rotatable bonds is 7. The zero-order chi connectivity index (χ0) is 17.5. The molecular weight excluding hydrogens is 302 g/mol. The van der Waals surface area contributed by atoms with E-state index in [1.54, 1.807) is 26.8 Å². The van der Waals surface area contributed by atoms with Crippen LogP contribution in [0, 0.1) is 0 Å². The highest BCUT2D eigenvalue weighted by Gasteiger charge is 2.15. The molecule has 0 aliphatic heterocycles. The maximum absolute atomic E-state index is 11.4. The Morgan fingerprint density at radius 1 is 1.22 bits per heavy atom. The van der Waals surface area contributed by atoms with Crippen LogP contribution < -0.4 is 14.8 Å². The number of carbonyl (C=O) groups is 2. The summed E-state index contributed by atoms with van der Waals surface area (Å²) in [5.74, 6) is -0.226. The van der Waals surface area contributed by atoms with Crippen molar-refractivity contribution in [1.82, 2.24) is 5.32 Å². The number of alkyl carbamates (subject to hydrolysis) is 1. The molecule has 0 saturated heterocycles. The number of hydrogen-bond donors (Lipinski definition) is 2. The number of aromatic carboxylic acids is 1. The Balaban J connectivity index is 2.39. The predicted molar refractivity (Wildman–Crippen MR) is 84.3 cm³/mol. The highest BCUT2D eigenvalue weighted by atomic mass is 16.6. The molecule has 128 valence electrons. The van der Waals surface area contributed by atoms with Gasteiger partial charge >= 0.3 is 12.1 Å². The van der Waals surface area contributed by atoms with Gasteiger partial charge < -0.3 is 24.6 Å². The van der Waals surface area contributed by atoms with Crippen LogP contribution >= 0.6 is 0 Å². The standard InChI is InChI=1S/C16H23NO6/c1-16(2,3)23-15(20)17-8-5-9-22-12-7-6-11(14(18)19)10-13(12)21-4/h6-7,10H,5,8-9H2,1-4H3,(H,17,20)(H,18,19). The Kier molecular flexibility index (Phi) is 6.68. The van der Waals surface area contributed by atoms with Crippen LogP contribution in [0.5, 0.6) is 11.5 Å². The fourth-order valence-corrected chi connectivity index (χ4v) is 1.68. The van der Waals surface area contributed by atoms with E-state index < -0.39 is 17.7 Å². The van der Waals surface area contributed by atoms with E-state index in [1.165, 1.54) is 19.2 Å². The number of carboxylic acid groups (broad SMARTS) is 1. The lowest BCUT2D eigenvalue weighted by Gasteiger charge is -2.19. The van der Waals surface area contributed by atoms with Crippen LogP contribution in [-0.4, -0.2) is 43.0 Å². The van der Waals surface area contributed by atoms with E-state index in [1.807, 2.05) is 0 Å². The largest absolute Gasteiger partial charge is 0.493 e. The van der Waals surface area contributed by atoms with Crippen LogP contribution in [-0.2, 0) is 4.74 Å². The van der Waals surface area contributed by atoms with Crippen molar-refractivity contribution in [3.63, 3.8) is 0 Å². The van der Waals surface area contributed by atoms with E-state index in [2.05, 4.69) is 5.32 Å². The average Bonchev–Trinajstić information content (AvgIpc) is 2.44. The van der Waals surface area contributed by atoms with Gasteiger partial charge in [-0.2, -0.15) is 0 Å². The Bertz CT molecular complexity index is 550. The number of carboxylic acids is 1. The molecule has 2 N–H and O–H groups in total. The summed E-state index contributed by atoms with van der Waals surface area (Å²) in [5.41, 5.74) is -0.402. The summed E-state index contributed by atoms with van der Waals surface area (Å²) in [7, 11) is 1.44. The lowest BCUT2D eigenvalue weighted by Crippen LogP contribution is -2.33. The van der Waals surface area contributed by atoms with E-state index >= 15 is 0 Å². The number of carbonyl (C=O) groups excluding carboxylic acids is 1. The van der Waals surface area contributed by atoms with Crippen LogP contribution in [0.4, 0.5) is 4.79 Å². The van der Waals surface area contributed by atoms with Crippen LogP contribution in [0.2, 0.25) is 0 Å². The summed E-state index contributed by atoms with van der Waals surface area (Å²) >= 11 is 0. The molecule has 0 unspecified atom stereocenters. The average molecular weight is 325 g/mol. The van der Waals surface area contributed by atoms with E-state index in [-0.39, 0.29) is 5.56 Å². The van der Waals surface area contributed by atoms with Gasteiger partial charge in [-0.05, 0) is 45.4 Å². The molecule has 1 amide bonds. The van der Waals surface area contributed by atoms with Gasteiger partial charge in [-0.25, -0.2) is 9.59 Å². The number of hydrogen-bond acceptors (Lipinski definition) is 5. The normalized spacial score (nSPS) is 10.8. The lowest BCUT2D eigenvalue weighted by molar-refractivity contribution is 0.0525. The van der Waals surface area contributed by atoms with Crippen molar-refractivity contribution in [2.75, 3.05) is 20.3 Å². The number of benzene rings is 1. The Morgan fingerprint density at radius 2 is 1.91 bits per heavy atom. The second-order valence-electron chi connectivity index (χ2n) is 5.80. The third-order valence-corrected chi connectivity index (χ3v) is 2.66. The topological polar surface area (TPSA) is 94.1 Å². The first kappa shape index (κ1) is 18.6. The predicted octanol–water partition coefficient (Wildman–Crippen LogP) is 2.69. The fourth-order valence-electron chi connectivity index (χ4n) is 1.68. The minimum atomic E-state index is -1.03.